The van der Waals surface area contributed by atoms with E-state index in [2.05, 4.69) is 26.8 Å². The molecule has 0 atom stereocenters. The van der Waals surface area contributed by atoms with E-state index in [4.69, 9.17) is 0 Å². The maximum atomic E-state index is 14.6. The molecule has 0 amide bonds. The molecule has 2 N–H and O–H groups in total. The lowest BCUT2D eigenvalue weighted by atomic mass is 10.0. The molecular weight excluding hydrogens is 484 g/mol. The fourth-order valence-corrected chi connectivity index (χ4v) is 5.31. The molecule has 184 valence electrons. The number of aliphatic imine (C=N–C) groups is 1. The van der Waals surface area contributed by atoms with Crippen molar-refractivity contribution in [1.29, 1.82) is 0 Å². The summed E-state index contributed by atoms with van der Waals surface area (Å²) in [5.41, 5.74) is 4.28. The van der Waals surface area contributed by atoms with Gasteiger partial charge in [-0.25, -0.2) is 17.2 Å². The summed E-state index contributed by atoms with van der Waals surface area (Å²) in [6.07, 6.45) is 4.83. The summed E-state index contributed by atoms with van der Waals surface area (Å²) in [5, 5.41) is 6.99. The number of hydrogen-bond donors (Lipinski definition) is 2. The van der Waals surface area contributed by atoms with Crippen LogP contribution < -0.4 is 10.0 Å². The van der Waals surface area contributed by atoms with Crippen LogP contribution in [0.4, 0.5) is 31.5 Å². The number of halogens is 2. The van der Waals surface area contributed by atoms with Crippen LogP contribution >= 0.6 is 0 Å². The predicted molar refractivity (Wildman–Crippen MR) is 138 cm³/mol. The number of anilines is 3. The average Bonchev–Trinajstić information content (AvgIpc) is 3.61. The Hall–Kier alpha value is -4.05. The molecule has 0 spiro atoms. The van der Waals surface area contributed by atoms with E-state index in [-0.39, 0.29) is 11.3 Å². The van der Waals surface area contributed by atoms with Gasteiger partial charge in [-0.3, -0.25) is 14.4 Å². The Kier molecular flexibility index (Phi) is 6.05. The molecule has 36 heavy (non-hydrogen) atoms. The lowest BCUT2D eigenvalue weighted by molar-refractivity contribution is 0.585. The Morgan fingerprint density at radius 3 is 2.44 bits per heavy atom. The fourth-order valence-electron chi connectivity index (χ4n) is 3.94. The van der Waals surface area contributed by atoms with Gasteiger partial charge in [-0.2, -0.15) is 5.10 Å². The Bertz CT molecular complexity index is 1580. The van der Waals surface area contributed by atoms with E-state index in [0.717, 1.165) is 23.3 Å². The molecule has 1 aliphatic rings. The van der Waals surface area contributed by atoms with Gasteiger partial charge < -0.3 is 5.32 Å². The molecule has 1 aromatic heterocycles. The largest absolute Gasteiger partial charge is 0.354 e. The van der Waals surface area contributed by atoms with Gasteiger partial charge in [0, 0.05) is 36.1 Å². The van der Waals surface area contributed by atoms with E-state index in [9.17, 15) is 17.2 Å². The van der Waals surface area contributed by atoms with Gasteiger partial charge in [0.15, 0.2) is 0 Å². The first-order valence-electron chi connectivity index (χ1n) is 11.2. The maximum Gasteiger partial charge on any atom is 0.235 e. The van der Waals surface area contributed by atoms with Gasteiger partial charge in [-0.1, -0.05) is 6.07 Å². The van der Waals surface area contributed by atoms with E-state index < -0.39 is 26.9 Å². The van der Waals surface area contributed by atoms with Crippen molar-refractivity contribution in [3.8, 4) is 22.3 Å². The highest BCUT2D eigenvalue weighted by Gasteiger charge is 2.35. The molecule has 7 nitrogen and oxygen atoms in total. The quantitative estimate of drug-likeness (QED) is 0.286. The molecule has 1 aliphatic carbocycles. The first kappa shape index (κ1) is 23.7. The molecule has 0 saturated heterocycles. The van der Waals surface area contributed by atoms with Crippen molar-refractivity contribution in [2.24, 2.45) is 12.0 Å². The van der Waals surface area contributed by atoms with E-state index in [1.54, 1.807) is 23.0 Å². The summed E-state index contributed by atoms with van der Waals surface area (Å²) in [7, 11) is -1.73. The van der Waals surface area contributed by atoms with Crippen LogP contribution in [0.5, 0.6) is 0 Å². The third kappa shape index (κ3) is 4.99. The summed E-state index contributed by atoms with van der Waals surface area (Å²) in [6, 6.07) is 13.7. The Labute approximate surface area is 207 Å². The van der Waals surface area contributed by atoms with Crippen LogP contribution in [0.2, 0.25) is 0 Å². The molecule has 4 aromatic rings. The standard InChI is InChI=1S/C26H23F2N5O2S/c1-29-26-11-16(18-14-30-33(2)15-18)3-8-25(26)31-20-9-17(23-7-4-19(27)12-24(23)28)10-21(13-20)32-36(34,35)22-5-6-22/h3-4,7-15,22,31-32H,1,5-6H2,2H3. The molecule has 5 rings (SSSR count). The molecule has 0 radical (unpaired) electrons. The Morgan fingerprint density at radius 2 is 1.78 bits per heavy atom. The Balaban J connectivity index is 1.54. The van der Waals surface area contributed by atoms with Crippen LogP contribution in [0.25, 0.3) is 22.3 Å². The van der Waals surface area contributed by atoms with Crippen LogP contribution in [-0.4, -0.2) is 30.2 Å². The highest BCUT2D eigenvalue weighted by atomic mass is 32.2. The summed E-state index contributed by atoms with van der Waals surface area (Å²) >= 11 is 0. The van der Waals surface area contributed by atoms with E-state index in [1.165, 1.54) is 12.1 Å². The maximum absolute atomic E-state index is 14.6. The van der Waals surface area contributed by atoms with E-state index >= 15 is 0 Å². The van der Waals surface area contributed by atoms with Gasteiger partial charge in [-0.05, 0) is 73.2 Å². The highest BCUT2D eigenvalue weighted by Crippen LogP contribution is 2.37. The van der Waals surface area contributed by atoms with E-state index in [0.29, 0.717) is 35.5 Å². The molecule has 3 aromatic carbocycles. The summed E-state index contributed by atoms with van der Waals surface area (Å²) in [5.74, 6) is -1.45. The number of aryl methyl sites for hydroxylation is 1. The molecule has 10 heteroatoms. The van der Waals surface area contributed by atoms with E-state index in [1.807, 2.05) is 31.4 Å². The fraction of sp³-hybridized carbons (Fsp3) is 0.154. The number of rotatable bonds is 8. The van der Waals surface area contributed by atoms with Crippen molar-refractivity contribution in [1.82, 2.24) is 9.78 Å². The minimum Gasteiger partial charge on any atom is -0.354 e. The minimum atomic E-state index is -3.56. The lowest BCUT2D eigenvalue weighted by Gasteiger charge is -2.15. The number of sulfonamides is 1. The number of nitrogens with one attached hydrogen (secondary N) is 2. The first-order valence-corrected chi connectivity index (χ1v) is 12.8. The molecule has 1 saturated carbocycles. The van der Waals surface area contributed by atoms with Crippen molar-refractivity contribution in [3.63, 3.8) is 0 Å². The highest BCUT2D eigenvalue weighted by molar-refractivity contribution is 7.93. The molecule has 0 unspecified atom stereocenters. The van der Waals surface area contributed by atoms with Crippen molar-refractivity contribution >= 4 is 39.5 Å². The third-order valence-electron chi connectivity index (χ3n) is 5.88. The zero-order chi connectivity index (χ0) is 25.4. The van der Waals surface area contributed by atoms with Gasteiger partial charge in [0.05, 0.1) is 28.5 Å². The summed E-state index contributed by atoms with van der Waals surface area (Å²) in [6.45, 7) is 3.66. The normalized spacial score (nSPS) is 13.4. The lowest BCUT2D eigenvalue weighted by Crippen LogP contribution is -2.17. The van der Waals surface area contributed by atoms with Crippen molar-refractivity contribution in [2.45, 2.75) is 18.1 Å². The number of nitrogens with zero attached hydrogens (tertiary/aromatic N) is 3. The monoisotopic (exact) mass is 507 g/mol. The van der Waals surface area contributed by atoms with Crippen LogP contribution in [-0.2, 0) is 17.1 Å². The third-order valence-corrected chi connectivity index (χ3v) is 7.75. The topological polar surface area (TPSA) is 88.4 Å². The first-order chi connectivity index (χ1) is 17.2. The van der Waals surface area contributed by atoms with Crippen molar-refractivity contribution in [2.75, 3.05) is 10.0 Å². The predicted octanol–water partition coefficient (Wildman–Crippen LogP) is 6.01. The molecule has 0 bridgehead atoms. The molecule has 1 heterocycles. The average molecular weight is 508 g/mol. The van der Waals surface area contributed by atoms with Gasteiger partial charge in [0.25, 0.3) is 0 Å². The van der Waals surface area contributed by atoms with Gasteiger partial charge in [0.1, 0.15) is 11.6 Å². The minimum absolute atomic E-state index is 0.140. The van der Waals surface area contributed by atoms with Crippen molar-refractivity contribution < 1.29 is 17.2 Å². The summed E-state index contributed by atoms with van der Waals surface area (Å²) in [4.78, 5) is 4.12. The van der Waals surface area contributed by atoms with Crippen LogP contribution in [0.3, 0.4) is 0 Å². The molecular formula is C26H23F2N5O2S. The molecule has 1 fully saturated rings. The summed E-state index contributed by atoms with van der Waals surface area (Å²) < 4.78 is 57.6. The second-order valence-electron chi connectivity index (χ2n) is 8.69. The van der Waals surface area contributed by atoms with Crippen molar-refractivity contribution in [3.05, 3.63) is 78.6 Å². The van der Waals surface area contributed by atoms with Crippen LogP contribution in [0.15, 0.2) is 72.0 Å². The second kappa shape index (κ2) is 9.19. The second-order valence-corrected chi connectivity index (χ2v) is 10.6. The smallest absolute Gasteiger partial charge is 0.235 e. The van der Waals surface area contributed by atoms with Gasteiger partial charge >= 0.3 is 0 Å². The van der Waals surface area contributed by atoms with Gasteiger partial charge in [0.2, 0.25) is 10.0 Å². The SMILES string of the molecule is C=Nc1cc(-c2cnn(C)c2)ccc1Nc1cc(NS(=O)(=O)C2CC2)cc(-c2ccc(F)cc2F)c1. The number of hydrogen-bond acceptors (Lipinski definition) is 5. The zero-order valence-electron chi connectivity index (χ0n) is 19.4. The molecule has 0 aliphatic heterocycles. The van der Waals surface area contributed by atoms with Crippen LogP contribution in [0.1, 0.15) is 12.8 Å². The number of benzene rings is 3. The number of aromatic nitrogens is 2. The van der Waals surface area contributed by atoms with Crippen LogP contribution in [0, 0.1) is 11.6 Å². The Morgan fingerprint density at radius 1 is 1.00 bits per heavy atom. The zero-order valence-corrected chi connectivity index (χ0v) is 20.2. The van der Waals surface area contributed by atoms with Gasteiger partial charge in [-0.15, -0.1) is 0 Å².